The zero-order valence-electron chi connectivity index (χ0n) is 9.52. The van der Waals surface area contributed by atoms with Gasteiger partial charge in [0.1, 0.15) is 0 Å². The molecule has 96 valence electrons. The lowest BCUT2D eigenvalue weighted by molar-refractivity contribution is -0.133. The molecule has 0 aliphatic heterocycles. The van der Waals surface area contributed by atoms with Gasteiger partial charge in [0.15, 0.2) is 0 Å². The van der Waals surface area contributed by atoms with E-state index in [1.165, 1.54) is 4.90 Å². The van der Waals surface area contributed by atoms with E-state index in [1.54, 1.807) is 14.1 Å². The van der Waals surface area contributed by atoms with Gasteiger partial charge in [0.05, 0.1) is 13.1 Å². The number of amides is 1. The van der Waals surface area contributed by atoms with Gasteiger partial charge in [0, 0.05) is 13.6 Å². The number of rotatable bonds is 7. The number of nitrogens with zero attached hydrogens (tertiary/aromatic N) is 1. The molecular weight excluding hydrogens is 223 g/mol. The first-order valence-electron chi connectivity index (χ1n) is 5.03. The lowest BCUT2D eigenvalue weighted by Gasteiger charge is -2.17. The summed E-state index contributed by atoms with van der Waals surface area (Å²) in [6.07, 6.45) is -3.50. The summed E-state index contributed by atoms with van der Waals surface area (Å²) in [5.41, 5.74) is 0. The van der Waals surface area contributed by atoms with Crippen molar-refractivity contribution >= 4 is 5.91 Å². The molecule has 0 bridgehead atoms. The number of alkyl halides is 3. The van der Waals surface area contributed by atoms with Crippen molar-refractivity contribution in [3.8, 4) is 0 Å². The Morgan fingerprint density at radius 1 is 1.38 bits per heavy atom. The van der Waals surface area contributed by atoms with Crippen molar-refractivity contribution in [2.75, 3.05) is 40.3 Å². The first kappa shape index (κ1) is 15.2. The summed E-state index contributed by atoms with van der Waals surface area (Å²) in [4.78, 5) is 12.7. The molecule has 0 aromatic carbocycles. The summed E-state index contributed by atoms with van der Waals surface area (Å²) < 4.78 is 35.3. The highest BCUT2D eigenvalue weighted by Crippen LogP contribution is 2.11. The summed E-state index contributed by atoms with van der Waals surface area (Å²) in [7, 11) is 3.37. The van der Waals surface area contributed by atoms with E-state index >= 15 is 0 Å². The van der Waals surface area contributed by atoms with Crippen molar-refractivity contribution in [1.82, 2.24) is 15.5 Å². The lowest BCUT2D eigenvalue weighted by atomic mass is 10.4. The molecule has 0 spiro atoms. The maximum Gasteiger partial charge on any atom is 0.401 e. The number of hydrogen-bond acceptors (Lipinski definition) is 3. The van der Waals surface area contributed by atoms with Crippen LogP contribution >= 0.6 is 0 Å². The molecule has 7 heteroatoms. The van der Waals surface area contributed by atoms with E-state index in [2.05, 4.69) is 10.6 Å². The van der Waals surface area contributed by atoms with E-state index in [0.29, 0.717) is 6.54 Å². The Hall–Kier alpha value is -0.820. The van der Waals surface area contributed by atoms with Crippen molar-refractivity contribution in [1.29, 1.82) is 0 Å². The predicted molar refractivity (Wildman–Crippen MR) is 55.1 cm³/mol. The van der Waals surface area contributed by atoms with Gasteiger partial charge in [0.25, 0.3) is 0 Å². The van der Waals surface area contributed by atoms with Crippen LogP contribution in [0.1, 0.15) is 6.42 Å². The SMILES string of the molecule is CNCCCN(C)C(=O)CNCC(F)(F)F. The highest BCUT2D eigenvalue weighted by atomic mass is 19.4. The normalized spacial score (nSPS) is 11.6. The topological polar surface area (TPSA) is 44.4 Å². The first-order valence-corrected chi connectivity index (χ1v) is 5.03. The number of carbonyl (C=O) groups is 1. The fourth-order valence-corrected chi connectivity index (χ4v) is 1.06. The minimum atomic E-state index is -4.27. The summed E-state index contributed by atoms with van der Waals surface area (Å²) in [6, 6.07) is 0. The molecule has 0 aromatic rings. The maximum absolute atomic E-state index is 11.8. The van der Waals surface area contributed by atoms with Gasteiger partial charge in [-0.1, -0.05) is 0 Å². The smallest absolute Gasteiger partial charge is 0.345 e. The van der Waals surface area contributed by atoms with Gasteiger partial charge in [0.2, 0.25) is 5.91 Å². The molecule has 0 rings (SSSR count). The molecule has 1 amide bonds. The van der Waals surface area contributed by atoms with Crippen molar-refractivity contribution in [3.63, 3.8) is 0 Å². The first-order chi connectivity index (χ1) is 7.37. The number of nitrogens with one attached hydrogen (secondary N) is 2. The van der Waals surface area contributed by atoms with Crippen molar-refractivity contribution < 1.29 is 18.0 Å². The van der Waals surface area contributed by atoms with Gasteiger partial charge in [-0.05, 0) is 20.0 Å². The van der Waals surface area contributed by atoms with Gasteiger partial charge in [-0.15, -0.1) is 0 Å². The van der Waals surface area contributed by atoms with Crippen molar-refractivity contribution in [3.05, 3.63) is 0 Å². The summed E-state index contributed by atoms with van der Waals surface area (Å²) in [5.74, 6) is -0.333. The summed E-state index contributed by atoms with van der Waals surface area (Å²) in [6.45, 7) is -0.111. The van der Waals surface area contributed by atoms with E-state index in [-0.39, 0.29) is 12.5 Å². The number of carbonyl (C=O) groups excluding carboxylic acids is 1. The Balaban J connectivity index is 3.63. The predicted octanol–water partition coefficient (Wildman–Crippen LogP) is 0.206. The van der Waals surface area contributed by atoms with Crippen LogP contribution in [-0.4, -0.2) is 57.3 Å². The van der Waals surface area contributed by atoms with Crippen LogP contribution in [0.5, 0.6) is 0 Å². The highest BCUT2D eigenvalue weighted by molar-refractivity contribution is 5.77. The third-order valence-electron chi connectivity index (χ3n) is 1.95. The standard InChI is InChI=1S/C9H18F3N3O/c1-13-4-3-5-15(2)8(16)6-14-7-9(10,11)12/h13-14H,3-7H2,1-2H3. The van der Waals surface area contributed by atoms with Crippen molar-refractivity contribution in [2.45, 2.75) is 12.6 Å². The summed E-state index contributed by atoms with van der Waals surface area (Å²) >= 11 is 0. The average Bonchev–Trinajstić information content (AvgIpc) is 2.15. The number of hydrogen-bond donors (Lipinski definition) is 2. The second kappa shape index (κ2) is 7.45. The van der Waals surface area contributed by atoms with Crippen LogP contribution in [0, 0.1) is 0 Å². The van der Waals surface area contributed by atoms with Gasteiger partial charge in [-0.25, -0.2) is 0 Å². The molecule has 0 saturated carbocycles. The Morgan fingerprint density at radius 3 is 2.50 bits per heavy atom. The molecule has 0 unspecified atom stereocenters. The molecule has 0 fully saturated rings. The fraction of sp³-hybridized carbons (Fsp3) is 0.889. The quantitative estimate of drug-likeness (QED) is 0.626. The van der Waals surface area contributed by atoms with E-state index < -0.39 is 12.7 Å². The Labute approximate surface area is 93.2 Å². The van der Waals surface area contributed by atoms with Gasteiger partial charge < -0.3 is 15.5 Å². The Kier molecular flexibility index (Phi) is 7.07. The molecule has 0 heterocycles. The molecule has 0 saturated heterocycles. The second-order valence-electron chi connectivity index (χ2n) is 3.49. The molecule has 16 heavy (non-hydrogen) atoms. The highest BCUT2D eigenvalue weighted by Gasteiger charge is 2.26. The minimum Gasteiger partial charge on any atom is -0.345 e. The average molecular weight is 241 g/mol. The number of likely N-dealkylation sites (N-methyl/N-ethyl adjacent to an activating group) is 1. The Morgan fingerprint density at radius 2 is 2.00 bits per heavy atom. The van der Waals surface area contributed by atoms with Gasteiger partial charge >= 0.3 is 6.18 Å². The molecule has 0 aromatic heterocycles. The van der Waals surface area contributed by atoms with E-state index in [1.807, 2.05) is 0 Å². The van der Waals surface area contributed by atoms with Crippen LogP contribution in [0.2, 0.25) is 0 Å². The minimum absolute atomic E-state index is 0.282. The van der Waals surface area contributed by atoms with Crippen LogP contribution in [0.3, 0.4) is 0 Å². The molecular formula is C9H18F3N3O. The molecule has 0 atom stereocenters. The zero-order valence-corrected chi connectivity index (χ0v) is 9.52. The molecule has 0 aliphatic carbocycles. The third-order valence-corrected chi connectivity index (χ3v) is 1.95. The third kappa shape index (κ3) is 8.49. The maximum atomic E-state index is 11.8. The van der Waals surface area contributed by atoms with E-state index in [9.17, 15) is 18.0 Å². The summed E-state index contributed by atoms with van der Waals surface area (Å²) in [5, 5.41) is 4.99. The van der Waals surface area contributed by atoms with E-state index in [0.717, 1.165) is 13.0 Å². The number of halogens is 3. The fourth-order valence-electron chi connectivity index (χ4n) is 1.06. The van der Waals surface area contributed by atoms with Crippen LogP contribution in [0.4, 0.5) is 13.2 Å². The zero-order chi connectivity index (χ0) is 12.6. The molecule has 0 aliphatic rings. The largest absolute Gasteiger partial charge is 0.401 e. The molecule has 0 radical (unpaired) electrons. The van der Waals surface area contributed by atoms with Crippen LogP contribution in [0.15, 0.2) is 0 Å². The molecule has 4 nitrogen and oxygen atoms in total. The van der Waals surface area contributed by atoms with Crippen LogP contribution in [0.25, 0.3) is 0 Å². The second-order valence-corrected chi connectivity index (χ2v) is 3.49. The lowest BCUT2D eigenvalue weighted by Crippen LogP contribution is -2.39. The molecule has 2 N–H and O–H groups in total. The van der Waals surface area contributed by atoms with Crippen molar-refractivity contribution in [2.24, 2.45) is 0 Å². The van der Waals surface area contributed by atoms with Gasteiger partial charge in [-0.2, -0.15) is 13.2 Å². The van der Waals surface area contributed by atoms with Gasteiger partial charge in [-0.3, -0.25) is 4.79 Å². The Bertz CT molecular complexity index is 209. The van der Waals surface area contributed by atoms with Crippen LogP contribution < -0.4 is 10.6 Å². The van der Waals surface area contributed by atoms with Crippen LogP contribution in [-0.2, 0) is 4.79 Å². The monoisotopic (exact) mass is 241 g/mol. The van der Waals surface area contributed by atoms with E-state index in [4.69, 9.17) is 0 Å².